The van der Waals surface area contributed by atoms with Crippen molar-refractivity contribution in [1.82, 2.24) is 10.3 Å². The third-order valence-corrected chi connectivity index (χ3v) is 2.15. The third-order valence-electron chi connectivity index (χ3n) is 2.15. The summed E-state index contributed by atoms with van der Waals surface area (Å²) < 4.78 is 0. The van der Waals surface area contributed by atoms with Gasteiger partial charge in [-0.1, -0.05) is 6.07 Å². The molecule has 0 radical (unpaired) electrons. The highest BCUT2D eigenvalue weighted by Crippen LogP contribution is 2.13. The first-order chi connectivity index (χ1) is 7.15. The summed E-state index contributed by atoms with van der Waals surface area (Å²) in [6.45, 7) is 1.94. The number of imide groups is 1. The molecular formula is C11H10N2O2. The summed E-state index contributed by atoms with van der Waals surface area (Å²) in [6, 6.07) is 3.73. The average molecular weight is 202 g/mol. The van der Waals surface area contributed by atoms with Crippen LogP contribution in [0.2, 0.25) is 0 Å². The van der Waals surface area contributed by atoms with E-state index in [1.165, 1.54) is 0 Å². The molecule has 1 aliphatic rings. The lowest BCUT2D eigenvalue weighted by molar-refractivity contribution is -0.124. The number of aryl methyl sites for hydroxylation is 1. The van der Waals surface area contributed by atoms with E-state index < -0.39 is 0 Å². The van der Waals surface area contributed by atoms with E-state index in [0.29, 0.717) is 11.3 Å². The van der Waals surface area contributed by atoms with E-state index in [-0.39, 0.29) is 18.2 Å². The fraction of sp³-hybridized carbons (Fsp3) is 0.182. The lowest BCUT2D eigenvalue weighted by Crippen LogP contribution is -2.19. The number of carbonyl (C=O) groups is 2. The maximum Gasteiger partial charge on any atom is 0.254 e. The fourth-order valence-corrected chi connectivity index (χ4v) is 1.36. The molecule has 0 atom stereocenters. The van der Waals surface area contributed by atoms with Gasteiger partial charge in [-0.05, 0) is 24.6 Å². The van der Waals surface area contributed by atoms with Gasteiger partial charge in [0, 0.05) is 11.8 Å². The Bertz CT molecular complexity index is 446. The summed E-state index contributed by atoms with van der Waals surface area (Å²) in [5.74, 6) is -0.569. The van der Waals surface area contributed by atoms with Gasteiger partial charge in [0.05, 0.1) is 12.1 Å². The van der Waals surface area contributed by atoms with Crippen LogP contribution >= 0.6 is 0 Å². The van der Waals surface area contributed by atoms with Gasteiger partial charge in [-0.2, -0.15) is 0 Å². The molecule has 0 unspecified atom stereocenters. The predicted molar refractivity (Wildman–Crippen MR) is 54.7 cm³/mol. The summed E-state index contributed by atoms with van der Waals surface area (Å²) in [4.78, 5) is 26.3. The van der Waals surface area contributed by atoms with Crippen LogP contribution in [0.1, 0.15) is 17.7 Å². The molecule has 76 valence electrons. The maximum absolute atomic E-state index is 11.2. The second kappa shape index (κ2) is 3.65. The summed E-state index contributed by atoms with van der Waals surface area (Å²) in [7, 11) is 0. The molecule has 1 aliphatic heterocycles. The second-order valence-corrected chi connectivity index (χ2v) is 3.48. The van der Waals surface area contributed by atoms with Crippen LogP contribution in [0, 0.1) is 6.92 Å². The van der Waals surface area contributed by atoms with Crippen LogP contribution < -0.4 is 5.32 Å². The summed E-state index contributed by atoms with van der Waals surface area (Å²) in [5.41, 5.74) is 2.22. The number of hydrogen-bond acceptors (Lipinski definition) is 3. The minimum absolute atomic E-state index is 0.147. The molecule has 0 bridgehead atoms. The van der Waals surface area contributed by atoms with Gasteiger partial charge in [0.2, 0.25) is 5.91 Å². The normalized spacial score (nSPS) is 18.3. The van der Waals surface area contributed by atoms with Crippen molar-refractivity contribution < 1.29 is 9.59 Å². The van der Waals surface area contributed by atoms with Gasteiger partial charge in [0.25, 0.3) is 5.91 Å². The molecule has 0 aromatic carbocycles. The van der Waals surface area contributed by atoms with Crippen LogP contribution in [0.4, 0.5) is 0 Å². The summed E-state index contributed by atoms with van der Waals surface area (Å²) in [5, 5.41) is 2.22. The smallest absolute Gasteiger partial charge is 0.254 e. The molecule has 4 heteroatoms. The van der Waals surface area contributed by atoms with Crippen LogP contribution in [0.25, 0.3) is 6.08 Å². The zero-order valence-corrected chi connectivity index (χ0v) is 8.28. The maximum atomic E-state index is 11.2. The highest BCUT2D eigenvalue weighted by Gasteiger charge is 2.23. The molecule has 0 saturated carbocycles. The number of amides is 2. The Morgan fingerprint density at radius 2 is 2.20 bits per heavy atom. The lowest BCUT2D eigenvalue weighted by atomic mass is 10.1. The summed E-state index contributed by atoms with van der Waals surface area (Å²) >= 11 is 0. The largest absolute Gasteiger partial charge is 0.292 e. The minimum atomic E-state index is -0.317. The Kier molecular flexibility index (Phi) is 2.33. The van der Waals surface area contributed by atoms with E-state index in [2.05, 4.69) is 10.3 Å². The van der Waals surface area contributed by atoms with E-state index in [0.717, 1.165) is 5.56 Å². The number of aromatic nitrogens is 1. The van der Waals surface area contributed by atoms with Gasteiger partial charge in [-0.3, -0.25) is 19.9 Å². The van der Waals surface area contributed by atoms with Crippen molar-refractivity contribution >= 4 is 17.9 Å². The van der Waals surface area contributed by atoms with Crippen molar-refractivity contribution in [3.8, 4) is 0 Å². The Balaban J connectivity index is 2.27. The van der Waals surface area contributed by atoms with Crippen LogP contribution in [0.5, 0.6) is 0 Å². The number of nitrogens with one attached hydrogen (secondary N) is 1. The highest BCUT2D eigenvalue weighted by molar-refractivity contribution is 6.15. The quantitative estimate of drug-likeness (QED) is 0.541. The molecule has 0 spiro atoms. The molecule has 1 fully saturated rings. The van der Waals surface area contributed by atoms with E-state index in [4.69, 9.17) is 0 Å². The van der Waals surface area contributed by atoms with Gasteiger partial charge in [-0.25, -0.2) is 0 Å². The molecule has 0 aliphatic carbocycles. The molecule has 4 nitrogen and oxygen atoms in total. The molecular weight excluding hydrogens is 192 g/mol. The summed E-state index contributed by atoms with van der Waals surface area (Å²) in [6.07, 6.45) is 3.51. The monoisotopic (exact) mass is 202 g/mol. The van der Waals surface area contributed by atoms with E-state index in [1.807, 2.05) is 19.1 Å². The number of hydrogen-bond donors (Lipinski definition) is 1. The van der Waals surface area contributed by atoms with Crippen molar-refractivity contribution in [2.45, 2.75) is 13.3 Å². The third kappa shape index (κ3) is 2.10. The molecule has 2 rings (SSSR count). The van der Waals surface area contributed by atoms with Gasteiger partial charge in [0.15, 0.2) is 0 Å². The van der Waals surface area contributed by atoms with Crippen molar-refractivity contribution in [1.29, 1.82) is 0 Å². The SMILES string of the molecule is Cc1ccc(/C=C2/CC(=O)NC2=O)nc1. The Hall–Kier alpha value is -1.97. The van der Waals surface area contributed by atoms with Crippen LogP contribution in [-0.4, -0.2) is 16.8 Å². The van der Waals surface area contributed by atoms with Crippen molar-refractivity contribution in [2.75, 3.05) is 0 Å². The van der Waals surface area contributed by atoms with E-state index in [1.54, 1.807) is 12.3 Å². The minimum Gasteiger partial charge on any atom is -0.292 e. The molecule has 15 heavy (non-hydrogen) atoms. The van der Waals surface area contributed by atoms with Gasteiger partial charge < -0.3 is 0 Å². The van der Waals surface area contributed by atoms with Crippen molar-refractivity contribution in [3.63, 3.8) is 0 Å². The van der Waals surface area contributed by atoms with Crippen molar-refractivity contribution in [2.24, 2.45) is 0 Å². The van der Waals surface area contributed by atoms with E-state index >= 15 is 0 Å². The molecule has 1 aromatic rings. The Labute approximate surface area is 87.0 Å². The van der Waals surface area contributed by atoms with Crippen LogP contribution in [-0.2, 0) is 9.59 Å². The first kappa shape index (κ1) is 9.58. The highest BCUT2D eigenvalue weighted by atomic mass is 16.2. The van der Waals surface area contributed by atoms with Gasteiger partial charge >= 0.3 is 0 Å². The predicted octanol–water partition coefficient (Wildman–Crippen LogP) is 0.820. The first-order valence-corrected chi connectivity index (χ1v) is 4.62. The van der Waals surface area contributed by atoms with Gasteiger partial charge in [-0.15, -0.1) is 0 Å². The molecule has 1 aromatic heterocycles. The van der Waals surface area contributed by atoms with E-state index in [9.17, 15) is 9.59 Å². The van der Waals surface area contributed by atoms with Crippen molar-refractivity contribution in [3.05, 3.63) is 35.2 Å². The topological polar surface area (TPSA) is 59.1 Å². The van der Waals surface area contributed by atoms with Crippen LogP contribution in [0.15, 0.2) is 23.9 Å². The zero-order chi connectivity index (χ0) is 10.8. The Morgan fingerprint density at radius 1 is 1.40 bits per heavy atom. The first-order valence-electron chi connectivity index (χ1n) is 4.62. The number of carbonyl (C=O) groups excluding carboxylic acids is 2. The lowest BCUT2D eigenvalue weighted by Gasteiger charge is -1.95. The molecule has 1 N–H and O–H groups in total. The fourth-order valence-electron chi connectivity index (χ4n) is 1.36. The Morgan fingerprint density at radius 3 is 2.73 bits per heavy atom. The number of rotatable bonds is 1. The van der Waals surface area contributed by atoms with Gasteiger partial charge in [0.1, 0.15) is 0 Å². The average Bonchev–Trinajstić information content (AvgIpc) is 2.49. The molecule has 2 amide bonds. The second-order valence-electron chi connectivity index (χ2n) is 3.48. The number of pyridine rings is 1. The molecule has 2 heterocycles. The number of nitrogens with zero attached hydrogens (tertiary/aromatic N) is 1. The van der Waals surface area contributed by atoms with Crippen LogP contribution in [0.3, 0.4) is 0 Å². The zero-order valence-electron chi connectivity index (χ0n) is 8.28. The standard InChI is InChI=1S/C11H10N2O2/c1-7-2-3-9(12-6-7)4-8-5-10(14)13-11(8)15/h2-4,6H,5H2,1H3,(H,13,14,15)/b8-4-. The molecule has 1 saturated heterocycles.